The molecule has 0 atom stereocenters. The molecule has 0 amide bonds. The van der Waals surface area contributed by atoms with E-state index in [-0.39, 0.29) is 17.2 Å². The van der Waals surface area contributed by atoms with Crippen molar-refractivity contribution in [2.24, 2.45) is 5.92 Å². The molecule has 0 spiro atoms. The molecular formula is C31H38N8O2. The van der Waals surface area contributed by atoms with Gasteiger partial charge in [-0.05, 0) is 51.9 Å². The third-order valence-corrected chi connectivity index (χ3v) is 7.30. The summed E-state index contributed by atoms with van der Waals surface area (Å²) in [6.45, 7) is 9.53. The SMILES string of the molecule is CCCCCc1nc2c(c(=O)n(CC(C)C)c(=O)n2CCC)n1Cc1ccc(-c2ccccc2)c(-c2nnn[nH]2)c1. The molecule has 0 aliphatic rings. The van der Waals surface area contributed by atoms with Gasteiger partial charge in [0.2, 0.25) is 0 Å². The maximum atomic E-state index is 13.9. The van der Waals surface area contributed by atoms with E-state index in [9.17, 15) is 9.59 Å². The predicted molar refractivity (Wildman–Crippen MR) is 161 cm³/mol. The van der Waals surface area contributed by atoms with E-state index in [0.717, 1.165) is 60.2 Å². The van der Waals surface area contributed by atoms with Gasteiger partial charge in [0.15, 0.2) is 17.0 Å². The molecule has 5 rings (SSSR count). The minimum absolute atomic E-state index is 0.150. The van der Waals surface area contributed by atoms with Gasteiger partial charge < -0.3 is 4.57 Å². The fourth-order valence-electron chi connectivity index (χ4n) is 5.39. The second kappa shape index (κ2) is 12.4. The minimum Gasteiger partial charge on any atom is -0.318 e. The minimum atomic E-state index is -0.282. The number of hydrogen-bond donors (Lipinski definition) is 1. The number of unbranched alkanes of at least 4 members (excludes halogenated alkanes) is 2. The van der Waals surface area contributed by atoms with Crippen molar-refractivity contribution in [3.8, 4) is 22.5 Å². The zero-order valence-electron chi connectivity index (χ0n) is 24.3. The molecule has 0 saturated heterocycles. The van der Waals surface area contributed by atoms with Crippen LogP contribution >= 0.6 is 0 Å². The fourth-order valence-corrected chi connectivity index (χ4v) is 5.39. The van der Waals surface area contributed by atoms with Crippen molar-refractivity contribution in [2.75, 3.05) is 0 Å². The standard InChI is InChI=1S/C31H38N8O2/c1-5-7-9-14-26-32-29-27(30(40)39(19-21(3)4)31(41)37(29)17-6-2)38(26)20-22-15-16-24(23-12-10-8-11-13-23)25(18-22)28-33-35-36-34-28/h8,10-13,15-16,18,21H,5-7,9,14,17,19-20H2,1-4H3,(H,33,34,35,36). The highest BCUT2D eigenvalue weighted by Crippen LogP contribution is 2.31. The van der Waals surface area contributed by atoms with Crippen LogP contribution in [0.4, 0.5) is 0 Å². The summed E-state index contributed by atoms with van der Waals surface area (Å²) in [4.78, 5) is 32.4. The number of H-pyrrole nitrogens is 1. The average molecular weight is 555 g/mol. The smallest absolute Gasteiger partial charge is 0.318 e. The number of hydrogen-bond acceptors (Lipinski definition) is 6. The summed E-state index contributed by atoms with van der Waals surface area (Å²) in [5, 5.41) is 14.7. The molecule has 3 heterocycles. The van der Waals surface area contributed by atoms with Crippen molar-refractivity contribution >= 4 is 11.2 Å². The molecule has 10 heteroatoms. The van der Waals surface area contributed by atoms with Crippen LogP contribution in [0.25, 0.3) is 33.7 Å². The Labute approximate surface area is 239 Å². The first kappa shape index (κ1) is 28.2. The topological polar surface area (TPSA) is 116 Å². The maximum absolute atomic E-state index is 13.9. The van der Waals surface area contributed by atoms with E-state index in [2.05, 4.69) is 57.9 Å². The summed E-state index contributed by atoms with van der Waals surface area (Å²) in [5.74, 6) is 1.55. The van der Waals surface area contributed by atoms with Gasteiger partial charge in [0.25, 0.3) is 5.56 Å². The van der Waals surface area contributed by atoms with Gasteiger partial charge >= 0.3 is 5.69 Å². The molecule has 0 aliphatic carbocycles. The quantitative estimate of drug-likeness (QED) is 0.216. The molecule has 0 bridgehead atoms. The molecule has 41 heavy (non-hydrogen) atoms. The van der Waals surface area contributed by atoms with Crippen LogP contribution in [0.3, 0.4) is 0 Å². The lowest BCUT2D eigenvalue weighted by molar-refractivity contribution is 0.473. The average Bonchev–Trinajstić information content (AvgIpc) is 3.63. The van der Waals surface area contributed by atoms with Gasteiger partial charge in [0.1, 0.15) is 5.82 Å². The van der Waals surface area contributed by atoms with Crippen LogP contribution in [0.15, 0.2) is 58.1 Å². The van der Waals surface area contributed by atoms with Crippen molar-refractivity contribution < 1.29 is 0 Å². The Balaban J connectivity index is 1.70. The first-order chi connectivity index (χ1) is 19.9. The van der Waals surface area contributed by atoms with Crippen LogP contribution in [0.1, 0.15) is 64.8 Å². The number of aryl methyl sites for hydroxylation is 2. The lowest BCUT2D eigenvalue weighted by Crippen LogP contribution is -2.41. The molecule has 2 aromatic carbocycles. The molecular weight excluding hydrogens is 516 g/mol. The van der Waals surface area contributed by atoms with Crippen LogP contribution in [0.5, 0.6) is 0 Å². The second-order valence-corrected chi connectivity index (χ2v) is 11.0. The second-order valence-electron chi connectivity index (χ2n) is 11.0. The molecule has 0 aliphatic heterocycles. The third kappa shape index (κ3) is 5.77. The summed E-state index contributed by atoms with van der Waals surface area (Å²) >= 11 is 0. The van der Waals surface area contributed by atoms with Crippen LogP contribution < -0.4 is 11.2 Å². The number of aromatic amines is 1. The van der Waals surface area contributed by atoms with Gasteiger partial charge in [-0.2, -0.15) is 0 Å². The van der Waals surface area contributed by atoms with Gasteiger partial charge in [-0.25, -0.2) is 14.9 Å². The summed E-state index contributed by atoms with van der Waals surface area (Å²) < 4.78 is 5.10. The van der Waals surface area contributed by atoms with Crippen LogP contribution in [-0.2, 0) is 26.1 Å². The van der Waals surface area contributed by atoms with Crippen LogP contribution in [-0.4, -0.2) is 39.3 Å². The fraction of sp³-hybridized carbons (Fsp3) is 0.419. The Morgan fingerprint density at radius 3 is 2.39 bits per heavy atom. The number of aromatic nitrogens is 8. The highest BCUT2D eigenvalue weighted by atomic mass is 16.2. The summed E-state index contributed by atoms with van der Waals surface area (Å²) in [6.07, 6.45) is 4.60. The molecule has 0 saturated carbocycles. The number of nitrogens with one attached hydrogen (secondary N) is 1. The monoisotopic (exact) mass is 554 g/mol. The Hall–Kier alpha value is -4.34. The Morgan fingerprint density at radius 2 is 1.71 bits per heavy atom. The van der Waals surface area contributed by atoms with Crippen molar-refractivity contribution in [3.63, 3.8) is 0 Å². The number of fused-ring (bicyclic) bond motifs is 1. The van der Waals surface area contributed by atoms with Crippen molar-refractivity contribution in [3.05, 3.63) is 80.8 Å². The normalized spacial score (nSPS) is 11.6. The van der Waals surface area contributed by atoms with E-state index in [1.165, 1.54) is 4.57 Å². The molecule has 5 aromatic rings. The third-order valence-electron chi connectivity index (χ3n) is 7.30. The van der Waals surface area contributed by atoms with E-state index >= 15 is 0 Å². The first-order valence-electron chi connectivity index (χ1n) is 14.6. The van der Waals surface area contributed by atoms with Crippen LogP contribution in [0.2, 0.25) is 0 Å². The van der Waals surface area contributed by atoms with E-state index in [4.69, 9.17) is 4.98 Å². The molecule has 1 N–H and O–H groups in total. The van der Waals surface area contributed by atoms with Gasteiger partial charge in [-0.1, -0.05) is 83.0 Å². The first-order valence-corrected chi connectivity index (χ1v) is 14.6. The summed E-state index contributed by atoms with van der Waals surface area (Å²) in [7, 11) is 0. The largest absolute Gasteiger partial charge is 0.332 e. The molecule has 0 fully saturated rings. The van der Waals surface area contributed by atoms with Gasteiger partial charge in [0.05, 0.1) is 0 Å². The Bertz CT molecular complexity index is 1730. The van der Waals surface area contributed by atoms with E-state index < -0.39 is 0 Å². The van der Waals surface area contributed by atoms with Gasteiger partial charge in [0, 0.05) is 31.6 Å². The van der Waals surface area contributed by atoms with Crippen molar-refractivity contribution in [2.45, 2.75) is 79.4 Å². The lowest BCUT2D eigenvalue weighted by atomic mass is 9.97. The molecule has 3 aromatic heterocycles. The van der Waals surface area contributed by atoms with Crippen LogP contribution in [0, 0.1) is 5.92 Å². The highest BCUT2D eigenvalue weighted by molar-refractivity contribution is 5.81. The molecule has 214 valence electrons. The lowest BCUT2D eigenvalue weighted by Gasteiger charge is -2.15. The van der Waals surface area contributed by atoms with Crippen molar-refractivity contribution in [1.82, 2.24) is 39.3 Å². The summed E-state index contributed by atoms with van der Waals surface area (Å²) in [5.41, 5.74) is 4.32. The molecule has 0 unspecified atom stereocenters. The molecule has 0 radical (unpaired) electrons. The number of tetrazole rings is 1. The zero-order valence-corrected chi connectivity index (χ0v) is 24.3. The van der Waals surface area contributed by atoms with Gasteiger partial charge in [-0.3, -0.25) is 13.9 Å². The number of rotatable bonds is 12. The Kier molecular flexibility index (Phi) is 8.56. The Morgan fingerprint density at radius 1 is 0.902 bits per heavy atom. The summed E-state index contributed by atoms with van der Waals surface area (Å²) in [6, 6.07) is 16.3. The van der Waals surface area contributed by atoms with Crippen molar-refractivity contribution in [1.29, 1.82) is 0 Å². The number of nitrogens with zero attached hydrogens (tertiary/aromatic N) is 7. The number of imidazole rings is 1. The van der Waals surface area contributed by atoms with E-state index in [1.54, 1.807) is 4.57 Å². The molecule has 10 nitrogen and oxygen atoms in total. The van der Waals surface area contributed by atoms with Gasteiger partial charge in [-0.15, -0.1) is 5.10 Å². The predicted octanol–water partition coefficient (Wildman–Crippen LogP) is 5.05. The van der Waals surface area contributed by atoms with E-state index in [0.29, 0.717) is 36.6 Å². The zero-order chi connectivity index (χ0) is 28.9. The van der Waals surface area contributed by atoms with E-state index in [1.807, 2.05) is 43.5 Å². The number of benzene rings is 2. The maximum Gasteiger partial charge on any atom is 0.332 e. The highest BCUT2D eigenvalue weighted by Gasteiger charge is 2.22.